The van der Waals surface area contributed by atoms with Crippen LogP contribution in [0.1, 0.15) is 37.6 Å². The Morgan fingerprint density at radius 1 is 0.969 bits per heavy atom. The van der Waals surface area contributed by atoms with Crippen molar-refractivity contribution in [3.05, 3.63) is 60.2 Å². The molecule has 0 aromatic heterocycles. The van der Waals surface area contributed by atoms with Gasteiger partial charge in [-0.2, -0.15) is 0 Å². The summed E-state index contributed by atoms with van der Waals surface area (Å²) in [7, 11) is 0. The minimum Gasteiger partial charge on any atom is -0.459 e. The first kappa shape index (κ1) is 23.0. The Morgan fingerprint density at radius 3 is 2.31 bits per heavy atom. The Kier molecular flexibility index (Phi) is 6.92. The Bertz CT molecular complexity index is 1010. The molecule has 0 aliphatic carbocycles. The van der Waals surface area contributed by atoms with E-state index in [2.05, 4.69) is 0 Å². The number of hydrogen-bond donors (Lipinski definition) is 0. The van der Waals surface area contributed by atoms with Gasteiger partial charge < -0.3 is 9.47 Å². The molecule has 0 saturated carbocycles. The number of nitrogens with zero attached hydrogens (tertiary/aromatic N) is 2. The average Bonchev–Trinajstić information content (AvgIpc) is 2.78. The minimum atomic E-state index is -0.750. The molecule has 0 atom stereocenters. The molecule has 8 heteroatoms. The lowest BCUT2D eigenvalue weighted by molar-refractivity contribution is -0.153. The zero-order chi connectivity index (χ0) is 23.3. The van der Waals surface area contributed by atoms with Gasteiger partial charge in [0, 0.05) is 18.5 Å². The Hall–Kier alpha value is -3.68. The van der Waals surface area contributed by atoms with Crippen molar-refractivity contribution in [2.75, 3.05) is 24.5 Å². The van der Waals surface area contributed by atoms with Crippen LogP contribution in [0, 0.1) is 0 Å². The van der Waals surface area contributed by atoms with Gasteiger partial charge in [-0.25, -0.2) is 4.79 Å². The predicted molar refractivity (Wildman–Crippen MR) is 118 cm³/mol. The van der Waals surface area contributed by atoms with Gasteiger partial charge in [0.05, 0.1) is 5.69 Å². The summed E-state index contributed by atoms with van der Waals surface area (Å²) in [6.45, 7) is 4.45. The molecule has 1 aliphatic rings. The fourth-order valence-electron chi connectivity index (χ4n) is 3.26. The average molecular weight is 438 g/mol. The van der Waals surface area contributed by atoms with Crippen molar-refractivity contribution in [1.29, 1.82) is 0 Å². The normalized spacial score (nSPS) is 14.7. The van der Waals surface area contributed by atoms with E-state index < -0.39 is 23.6 Å². The van der Waals surface area contributed by atoms with Gasteiger partial charge in [0.1, 0.15) is 24.4 Å². The van der Waals surface area contributed by atoms with Gasteiger partial charge in [-0.3, -0.25) is 24.2 Å². The number of benzene rings is 2. The zero-order valence-electron chi connectivity index (χ0n) is 18.4. The van der Waals surface area contributed by atoms with Gasteiger partial charge in [-0.1, -0.05) is 30.3 Å². The molecule has 8 nitrogen and oxygen atoms in total. The van der Waals surface area contributed by atoms with Gasteiger partial charge in [0.15, 0.2) is 5.78 Å². The van der Waals surface area contributed by atoms with Crippen LogP contribution in [0.25, 0.3) is 0 Å². The highest BCUT2D eigenvalue weighted by Crippen LogP contribution is 2.25. The first-order chi connectivity index (χ1) is 15.1. The van der Waals surface area contributed by atoms with E-state index in [0.29, 0.717) is 17.0 Å². The van der Waals surface area contributed by atoms with E-state index in [1.165, 1.54) is 9.80 Å². The van der Waals surface area contributed by atoms with E-state index in [1.54, 1.807) is 75.4 Å². The second kappa shape index (κ2) is 9.64. The standard InChI is InChI=1S/C24H26N2O6/c1-24(2,3)32-22(29)16-26-19-12-8-7-11-18(19)20(27)13-14-25(15-21(26)28)23(30)31-17-9-5-4-6-10-17/h4-12H,13-16H2,1-3H3. The van der Waals surface area contributed by atoms with E-state index in [0.717, 1.165) is 0 Å². The van der Waals surface area contributed by atoms with Crippen molar-refractivity contribution in [1.82, 2.24) is 4.90 Å². The predicted octanol–water partition coefficient (Wildman–Crippen LogP) is 3.45. The summed E-state index contributed by atoms with van der Waals surface area (Å²) in [6.07, 6.45) is -0.741. The highest BCUT2D eigenvalue weighted by molar-refractivity contribution is 6.08. The number of fused-ring (bicyclic) bond motifs is 1. The Morgan fingerprint density at radius 2 is 1.62 bits per heavy atom. The monoisotopic (exact) mass is 438 g/mol. The SMILES string of the molecule is CC(C)(C)OC(=O)CN1C(=O)CN(C(=O)Oc2ccccc2)CCC(=O)c2ccccc21. The quantitative estimate of drug-likeness (QED) is 0.682. The van der Waals surface area contributed by atoms with Crippen LogP contribution in [-0.4, -0.2) is 53.9 Å². The van der Waals surface area contributed by atoms with E-state index in [9.17, 15) is 19.2 Å². The second-order valence-electron chi connectivity index (χ2n) is 8.36. The second-order valence-corrected chi connectivity index (χ2v) is 8.36. The molecule has 168 valence electrons. The first-order valence-corrected chi connectivity index (χ1v) is 10.3. The fraction of sp³-hybridized carbons (Fsp3) is 0.333. The number of carbonyl (C=O) groups excluding carboxylic acids is 4. The van der Waals surface area contributed by atoms with Gasteiger partial charge >= 0.3 is 12.1 Å². The molecule has 0 spiro atoms. The summed E-state index contributed by atoms with van der Waals surface area (Å²) in [5, 5.41) is 0. The highest BCUT2D eigenvalue weighted by Gasteiger charge is 2.31. The van der Waals surface area contributed by atoms with Gasteiger partial charge in [0.2, 0.25) is 5.91 Å². The van der Waals surface area contributed by atoms with Gasteiger partial charge in [-0.05, 0) is 45.0 Å². The molecule has 0 saturated heterocycles. The smallest absolute Gasteiger partial charge is 0.415 e. The number of para-hydroxylation sites is 2. The van der Waals surface area contributed by atoms with E-state index >= 15 is 0 Å². The third kappa shape index (κ3) is 5.94. The topological polar surface area (TPSA) is 93.2 Å². The van der Waals surface area contributed by atoms with Gasteiger partial charge in [-0.15, -0.1) is 0 Å². The number of ketones is 1. The number of amides is 2. The number of rotatable bonds is 3. The van der Waals surface area contributed by atoms with Crippen LogP contribution in [0.3, 0.4) is 0 Å². The molecule has 32 heavy (non-hydrogen) atoms. The molecule has 3 rings (SSSR count). The Labute approximate surface area is 186 Å². The van der Waals surface area contributed by atoms with Crippen LogP contribution in [0.5, 0.6) is 5.75 Å². The first-order valence-electron chi connectivity index (χ1n) is 10.3. The van der Waals surface area contributed by atoms with E-state index in [1.807, 2.05) is 0 Å². The molecule has 0 radical (unpaired) electrons. The summed E-state index contributed by atoms with van der Waals surface area (Å²) in [5.74, 6) is -1.07. The molecule has 1 aliphatic heterocycles. The van der Waals surface area contributed by atoms with Crippen molar-refractivity contribution < 1.29 is 28.7 Å². The molecule has 0 bridgehead atoms. The summed E-state index contributed by atoms with van der Waals surface area (Å²) in [6, 6.07) is 15.0. The lowest BCUT2D eigenvalue weighted by atomic mass is 10.1. The van der Waals surface area contributed by atoms with Crippen LogP contribution in [0.15, 0.2) is 54.6 Å². The fourth-order valence-corrected chi connectivity index (χ4v) is 3.26. The van der Waals surface area contributed by atoms with Crippen LogP contribution in [0.4, 0.5) is 10.5 Å². The number of Topliss-reactive ketones (excluding diaryl/α,β-unsaturated/α-hetero) is 1. The van der Waals surface area contributed by atoms with Crippen LogP contribution in [0.2, 0.25) is 0 Å². The molecule has 0 N–H and O–H groups in total. The summed E-state index contributed by atoms with van der Waals surface area (Å²) in [4.78, 5) is 53.7. The van der Waals surface area contributed by atoms with Crippen molar-refractivity contribution in [3.63, 3.8) is 0 Å². The summed E-state index contributed by atoms with van der Waals surface area (Å²) in [5.41, 5.74) is -0.116. The maximum Gasteiger partial charge on any atom is 0.415 e. The van der Waals surface area contributed by atoms with Crippen molar-refractivity contribution in [2.45, 2.75) is 32.8 Å². The third-order valence-electron chi connectivity index (χ3n) is 4.65. The number of ether oxygens (including phenoxy) is 2. The summed E-state index contributed by atoms with van der Waals surface area (Å²) >= 11 is 0. The zero-order valence-corrected chi connectivity index (χ0v) is 18.4. The maximum atomic E-state index is 13.2. The molecule has 2 aromatic carbocycles. The number of esters is 1. The number of anilines is 1. The van der Waals surface area contributed by atoms with Crippen LogP contribution < -0.4 is 9.64 Å². The molecule has 0 fully saturated rings. The van der Waals surface area contributed by atoms with Crippen molar-refractivity contribution >= 4 is 29.4 Å². The molecular formula is C24H26N2O6. The van der Waals surface area contributed by atoms with Crippen molar-refractivity contribution in [3.8, 4) is 5.75 Å². The van der Waals surface area contributed by atoms with E-state index in [-0.39, 0.29) is 31.8 Å². The Balaban J connectivity index is 1.88. The molecular weight excluding hydrogens is 412 g/mol. The van der Waals surface area contributed by atoms with E-state index in [4.69, 9.17) is 9.47 Å². The molecule has 2 aromatic rings. The maximum absolute atomic E-state index is 13.2. The molecule has 1 heterocycles. The van der Waals surface area contributed by atoms with Crippen LogP contribution >= 0.6 is 0 Å². The number of hydrogen-bond acceptors (Lipinski definition) is 6. The minimum absolute atomic E-state index is 0.00481. The largest absolute Gasteiger partial charge is 0.459 e. The molecule has 0 unspecified atom stereocenters. The molecule has 2 amide bonds. The third-order valence-corrected chi connectivity index (χ3v) is 4.65. The lowest BCUT2D eigenvalue weighted by Gasteiger charge is -2.27. The highest BCUT2D eigenvalue weighted by atomic mass is 16.6. The van der Waals surface area contributed by atoms with Crippen LogP contribution in [-0.2, 0) is 14.3 Å². The lowest BCUT2D eigenvalue weighted by Crippen LogP contribution is -2.46. The van der Waals surface area contributed by atoms with Crippen molar-refractivity contribution in [2.24, 2.45) is 0 Å². The number of carbonyl (C=O) groups is 4. The summed E-state index contributed by atoms with van der Waals surface area (Å²) < 4.78 is 10.7. The van der Waals surface area contributed by atoms with Gasteiger partial charge in [0.25, 0.3) is 0 Å².